The van der Waals surface area contributed by atoms with Gasteiger partial charge in [-0.2, -0.15) is 0 Å². The summed E-state index contributed by atoms with van der Waals surface area (Å²) in [7, 11) is -0.890. The summed E-state index contributed by atoms with van der Waals surface area (Å²) in [6.07, 6.45) is 0. The second-order valence-electron chi connectivity index (χ2n) is 9.31. The van der Waals surface area contributed by atoms with Gasteiger partial charge in [-0.25, -0.2) is 32.7 Å². The lowest BCUT2D eigenvalue weighted by molar-refractivity contribution is 0.327. The molecule has 0 aliphatic rings. The monoisotopic (exact) mass is 611 g/mol. The molecule has 0 amide bonds. The quantitative estimate of drug-likeness (QED) is 0.201. The maximum Gasteiger partial charge on any atom is 0.213 e. The van der Waals surface area contributed by atoms with E-state index in [-0.39, 0.29) is 27.7 Å². The zero-order chi connectivity index (χ0) is 30.0. The molecule has 13 heteroatoms. The highest BCUT2D eigenvalue weighted by Crippen LogP contribution is 2.38. The second kappa shape index (κ2) is 11.9. The third-order valence-corrected chi connectivity index (χ3v) is 8.10. The molecule has 5 aromatic rings. The second-order valence-corrected chi connectivity index (χ2v) is 11.7. The third kappa shape index (κ3) is 5.86. The van der Waals surface area contributed by atoms with Gasteiger partial charge in [0.05, 0.1) is 38.0 Å². The minimum absolute atomic E-state index is 0.0192. The Morgan fingerprint density at radius 3 is 2.31 bits per heavy atom. The van der Waals surface area contributed by atoms with Gasteiger partial charge in [-0.3, -0.25) is 4.57 Å². The Kier molecular flexibility index (Phi) is 8.28. The van der Waals surface area contributed by atoms with E-state index in [0.29, 0.717) is 46.8 Å². The van der Waals surface area contributed by atoms with Crippen molar-refractivity contribution in [2.24, 2.45) is 0 Å². The number of sulfone groups is 1. The zero-order valence-electron chi connectivity index (χ0n) is 23.3. The van der Waals surface area contributed by atoms with Crippen LogP contribution in [0.2, 0.25) is 5.15 Å². The molecule has 2 aromatic carbocycles. The van der Waals surface area contributed by atoms with Crippen molar-refractivity contribution in [3.8, 4) is 34.6 Å². The van der Waals surface area contributed by atoms with E-state index in [1.807, 2.05) is 6.92 Å². The minimum atomic E-state index is -3.91. The molecule has 0 atom stereocenters. The van der Waals surface area contributed by atoms with Crippen molar-refractivity contribution in [3.05, 3.63) is 82.4 Å². The summed E-state index contributed by atoms with van der Waals surface area (Å²) in [5.41, 5.74) is 1.91. The maximum atomic E-state index is 14.5. The van der Waals surface area contributed by atoms with E-state index in [4.69, 9.17) is 25.8 Å². The number of aryl methyl sites for hydroxylation is 1. The van der Waals surface area contributed by atoms with Gasteiger partial charge in [0, 0.05) is 11.6 Å². The van der Waals surface area contributed by atoms with Gasteiger partial charge >= 0.3 is 0 Å². The highest BCUT2D eigenvalue weighted by Gasteiger charge is 2.26. The van der Waals surface area contributed by atoms with Crippen LogP contribution in [0.1, 0.15) is 23.7 Å². The van der Waals surface area contributed by atoms with Gasteiger partial charge in [-0.05, 0) is 43.7 Å². The number of fused-ring (bicyclic) bond motifs is 1. The van der Waals surface area contributed by atoms with Crippen LogP contribution in [0.15, 0.2) is 54.6 Å². The van der Waals surface area contributed by atoms with Gasteiger partial charge < -0.3 is 14.2 Å². The highest BCUT2D eigenvalue weighted by molar-refractivity contribution is 7.89. The molecule has 0 N–H and O–H groups in total. The summed E-state index contributed by atoms with van der Waals surface area (Å²) >= 11 is 6.46. The van der Waals surface area contributed by atoms with E-state index >= 15 is 0 Å². The summed E-state index contributed by atoms with van der Waals surface area (Å²) < 4.78 is 59.4. The Bertz CT molecular complexity index is 1880. The van der Waals surface area contributed by atoms with Gasteiger partial charge in [0.15, 0.2) is 32.1 Å². The zero-order valence-corrected chi connectivity index (χ0v) is 24.8. The smallest absolute Gasteiger partial charge is 0.213 e. The number of nitrogens with zero attached hydrogens (tertiary/aromatic N) is 5. The minimum Gasteiger partial charge on any atom is -0.494 e. The van der Waals surface area contributed by atoms with Crippen molar-refractivity contribution in [3.63, 3.8) is 0 Å². The molecule has 0 saturated heterocycles. The fourth-order valence-corrected chi connectivity index (χ4v) is 6.16. The van der Waals surface area contributed by atoms with Crippen molar-refractivity contribution < 1.29 is 27.0 Å². The van der Waals surface area contributed by atoms with E-state index in [0.717, 1.165) is 0 Å². The van der Waals surface area contributed by atoms with Crippen LogP contribution >= 0.6 is 11.6 Å². The fourth-order valence-electron chi connectivity index (χ4n) is 4.47. The molecule has 42 heavy (non-hydrogen) atoms. The number of para-hydroxylation sites is 1. The standard InChI is InChI=1S/C29H27ClFN5O5S/c1-5-41-24-11-6-8-20(32-24)28-35-27-29(36(28)25-22(39-3)9-7-10-23(25)40-4)33-21(26(30)34-27)16-42(37,38)15-18-13-12-17(2)14-19(18)31/h6-14H,5,15-16H2,1-4H3. The Morgan fingerprint density at radius 2 is 1.64 bits per heavy atom. The first-order valence-corrected chi connectivity index (χ1v) is 15.1. The molecule has 0 fully saturated rings. The predicted octanol–water partition coefficient (Wildman–Crippen LogP) is 5.51. The van der Waals surface area contributed by atoms with Crippen molar-refractivity contribution >= 4 is 32.7 Å². The average molecular weight is 612 g/mol. The number of halogens is 2. The average Bonchev–Trinajstić information content (AvgIpc) is 3.32. The SMILES string of the molecule is CCOc1cccc(-c2nc3nc(Cl)c(CS(=O)(=O)Cc4ccc(C)cc4F)nc3n2-c2c(OC)cccc2OC)n1. The number of aromatic nitrogens is 5. The van der Waals surface area contributed by atoms with Crippen molar-refractivity contribution in [2.75, 3.05) is 20.8 Å². The van der Waals surface area contributed by atoms with Gasteiger partial charge in [0.1, 0.15) is 28.7 Å². The lowest BCUT2D eigenvalue weighted by Crippen LogP contribution is -2.12. The number of hydrogen-bond acceptors (Lipinski definition) is 9. The van der Waals surface area contributed by atoms with Crippen molar-refractivity contribution in [1.29, 1.82) is 0 Å². The maximum absolute atomic E-state index is 14.5. The van der Waals surface area contributed by atoms with Crippen LogP contribution < -0.4 is 14.2 Å². The number of pyridine rings is 1. The molecule has 3 heterocycles. The highest BCUT2D eigenvalue weighted by atomic mass is 35.5. The number of imidazole rings is 1. The molecule has 0 aliphatic heterocycles. The third-order valence-electron chi connectivity index (χ3n) is 6.33. The van der Waals surface area contributed by atoms with Crippen LogP contribution in [-0.4, -0.2) is 53.7 Å². The van der Waals surface area contributed by atoms with Crippen molar-refractivity contribution in [1.82, 2.24) is 24.5 Å². The summed E-state index contributed by atoms with van der Waals surface area (Å²) in [6, 6.07) is 14.9. The molecular formula is C29H27ClFN5O5S. The molecule has 0 spiro atoms. The fraction of sp³-hybridized carbons (Fsp3) is 0.241. The number of ether oxygens (including phenoxy) is 3. The first kappa shape index (κ1) is 29.2. The van der Waals surface area contributed by atoms with Gasteiger partial charge in [-0.15, -0.1) is 0 Å². The number of hydrogen-bond donors (Lipinski definition) is 0. The summed E-state index contributed by atoms with van der Waals surface area (Å²) in [5, 5.41) is -0.144. The van der Waals surface area contributed by atoms with Gasteiger partial charge in [-0.1, -0.05) is 35.9 Å². The number of benzene rings is 2. The van der Waals surface area contributed by atoms with E-state index < -0.39 is 27.2 Å². The van der Waals surface area contributed by atoms with Crippen LogP contribution in [0.5, 0.6) is 17.4 Å². The molecule has 10 nitrogen and oxygen atoms in total. The number of rotatable bonds is 10. The molecule has 3 aromatic heterocycles. The normalized spacial score (nSPS) is 11.6. The molecule has 5 rings (SSSR count). The van der Waals surface area contributed by atoms with Crippen LogP contribution in [0.4, 0.5) is 4.39 Å². The van der Waals surface area contributed by atoms with Crippen molar-refractivity contribution in [2.45, 2.75) is 25.4 Å². The Morgan fingerprint density at radius 1 is 0.929 bits per heavy atom. The lowest BCUT2D eigenvalue weighted by atomic mass is 10.2. The van der Waals surface area contributed by atoms with Gasteiger partial charge in [0.2, 0.25) is 5.88 Å². The molecule has 0 bridgehead atoms. The molecule has 0 radical (unpaired) electrons. The van der Waals surface area contributed by atoms with Crippen LogP contribution in [0, 0.1) is 12.7 Å². The van der Waals surface area contributed by atoms with E-state index in [2.05, 4.69) is 19.9 Å². The van der Waals surface area contributed by atoms with Gasteiger partial charge in [0.25, 0.3) is 0 Å². The van der Waals surface area contributed by atoms with Crippen LogP contribution in [0.25, 0.3) is 28.5 Å². The number of methoxy groups -OCH3 is 2. The summed E-state index contributed by atoms with van der Waals surface area (Å²) in [6.45, 7) is 3.99. The molecule has 218 valence electrons. The predicted molar refractivity (Wildman–Crippen MR) is 157 cm³/mol. The molecule has 0 aliphatic carbocycles. The first-order chi connectivity index (χ1) is 20.1. The van der Waals surface area contributed by atoms with Crippen LogP contribution in [-0.2, 0) is 21.3 Å². The largest absolute Gasteiger partial charge is 0.494 e. The van der Waals surface area contributed by atoms with E-state index in [1.165, 1.54) is 26.4 Å². The van der Waals surface area contributed by atoms with E-state index in [1.54, 1.807) is 54.0 Å². The summed E-state index contributed by atoms with van der Waals surface area (Å²) in [5.74, 6) is -0.160. The topological polar surface area (TPSA) is 118 Å². The molecular weight excluding hydrogens is 585 g/mol. The summed E-state index contributed by atoms with van der Waals surface area (Å²) in [4.78, 5) is 18.3. The Hall–Kier alpha value is -4.29. The molecule has 0 unspecified atom stereocenters. The Labute approximate surface area is 247 Å². The van der Waals surface area contributed by atoms with E-state index in [9.17, 15) is 12.8 Å². The Balaban J connectivity index is 1.70. The van der Waals surface area contributed by atoms with Crippen LogP contribution in [0.3, 0.4) is 0 Å². The lowest BCUT2D eigenvalue weighted by Gasteiger charge is -2.16. The first-order valence-electron chi connectivity index (χ1n) is 12.9. The molecule has 0 saturated carbocycles.